The number of nitrogens with one attached hydrogen (secondary N) is 2. The van der Waals surface area contributed by atoms with Gasteiger partial charge in [0.2, 0.25) is 5.91 Å². The molecule has 10 heteroatoms. The normalized spacial score (nSPS) is 10.5. The summed E-state index contributed by atoms with van der Waals surface area (Å²) in [5.41, 5.74) is 10.3. The Morgan fingerprint density at radius 1 is 0.971 bits per heavy atom. The average molecular weight is 488 g/mol. The number of benzene rings is 2. The lowest BCUT2D eigenvalue weighted by Gasteiger charge is -2.06. The molecule has 0 radical (unpaired) electrons. The van der Waals surface area contributed by atoms with Crippen LogP contribution < -0.4 is 16.4 Å². The van der Waals surface area contributed by atoms with Crippen molar-refractivity contribution in [3.63, 3.8) is 0 Å². The summed E-state index contributed by atoms with van der Waals surface area (Å²) in [5, 5.41) is 16.5. The van der Waals surface area contributed by atoms with Crippen LogP contribution in [-0.2, 0) is 16.0 Å². The Hall–Kier alpha value is -4.57. The van der Waals surface area contributed by atoms with Crippen molar-refractivity contribution in [2.75, 3.05) is 17.6 Å². The number of carbonyl (C=O) groups is 3. The van der Waals surface area contributed by atoms with Crippen LogP contribution in [0.4, 0.5) is 10.8 Å². The van der Waals surface area contributed by atoms with Gasteiger partial charge in [0.1, 0.15) is 0 Å². The first-order valence-electron chi connectivity index (χ1n) is 10.5. The van der Waals surface area contributed by atoms with Gasteiger partial charge in [-0.2, -0.15) is 0 Å². The summed E-state index contributed by atoms with van der Waals surface area (Å²) in [6.07, 6.45) is 1.44. The molecule has 0 saturated heterocycles. The number of nitrogens with two attached hydrogens (primary N) is 1. The van der Waals surface area contributed by atoms with Gasteiger partial charge in [0.25, 0.3) is 5.91 Å². The van der Waals surface area contributed by atoms with E-state index in [0.29, 0.717) is 27.8 Å². The van der Waals surface area contributed by atoms with Gasteiger partial charge in [-0.15, -0.1) is 11.3 Å². The summed E-state index contributed by atoms with van der Waals surface area (Å²) in [7, 11) is 0. The molecule has 0 saturated carbocycles. The van der Waals surface area contributed by atoms with Crippen LogP contribution in [0.25, 0.3) is 22.4 Å². The van der Waals surface area contributed by atoms with Crippen molar-refractivity contribution in [1.29, 1.82) is 0 Å². The van der Waals surface area contributed by atoms with Gasteiger partial charge < -0.3 is 21.5 Å². The first-order chi connectivity index (χ1) is 16.9. The van der Waals surface area contributed by atoms with Gasteiger partial charge in [0.15, 0.2) is 5.13 Å². The highest BCUT2D eigenvalue weighted by atomic mass is 32.1. The molecule has 2 aromatic carbocycles. The van der Waals surface area contributed by atoms with Crippen molar-refractivity contribution in [3.05, 3.63) is 83.5 Å². The SMILES string of the molecule is Nc1ccc(C(=O)NCC(=O)Nc2nc(-c3cccc(-c4ccnc(CC(=O)O)c4)c3)cs2)cc1. The van der Waals surface area contributed by atoms with Crippen LogP contribution in [0.1, 0.15) is 16.1 Å². The maximum atomic E-state index is 12.3. The molecule has 0 aliphatic heterocycles. The standard InChI is InChI=1S/C25H21N5O4S/c26-19-6-4-15(5-7-19)24(34)28-13-22(31)30-25-29-21(14-35-25)18-3-1-2-16(10-18)17-8-9-27-20(11-17)12-23(32)33/h1-11,14H,12-13,26H2,(H,28,34)(H,32,33)(H,29,30,31). The zero-order valence-corrected chi connectivity index (χ0v) is 19.2. The van der Waals surface area contributed by atoms with Gasteiger partial charge in [-0.3, -0.25) is 19.4 Å². The fourth-order valence-electron chi connectivity index (χ4n) is 3.29. The summed E-state index contributed by atoms with van der Waals surface area (Å²) in [6, 6.07) is 17.6. The number of nitrogen functional groups attached to an aromatic ring is 1. The van der Waals surface area contributed by atoms with E-state index in [1.165, 1.54) is 11.3 Å². The number of carbonyl (C=O) groups excluding carboxylic acids is 2. The number of hydrogen-bond donors (Lipinski definition) is 4. The number of rotatable bonds is 8. The van der Waals surface area contributed by atoms with Crippen molar-refractivity contribution in [1.82, 2.24) is 15.3 Å². The lowest BCUT2D eigenvalue weighted by Crippen LogP contribution is -2.32. The van der Waals surface area contributed by atoms with Gasteiger partial charge in [-0.25, -0.2) is 4.98 Å². The zero-order chi connectivity index (χ0) is 24.8. The topological polar surface area (TPSA) is 147 Å². The molecule has 2 aromatic heterocycles. The van der Waals surface area contributed by atoms with Crippen molar-refractivity contribution in [2.45, 2.75) is 6.42 Å². The molecule has 0 atom stereocenters. The van der Waals surface area contributed by atoms with E-state index < -0.39 is 11.9 Å². The first kappa shape index (κ1) is 23.6. The molecule has 5 N–H and O–H groups in total. The van der Waals surface area contributed by atoms with Crippen molar-refractivity contribution in [2.24, 2.45) is 0 Å². The average Bonchev–Trinajstić information content (AvgIpc) is 3.31. The highest BCUT2D eigenvalue weighted by Gasteiger charge is 2.12. The van der Waals surface area contributed by atoms with E-state index in [4.69, 9.17) is 10.8 Å². The Morgan fingerprint density at radius 3 is 2.49 bits per heavy atom. The zero-order valence-electron chi connectivity index (χ0n) is 18.4. The Bertz CT molecular complexity index is 1380. The van der Waals surface area contributed by atoms with E-state index >= 15 is 0 Å². The fourth-order valence-corrected chi connectivity index (χ4v) is 4.03. The second-order valence-electron chi connectivity index (χ2n) is 7.58. The van der Waals surface area contributed by atoms with E-state index in [1.807, 2.05) is 35.7 Å². The summed E-state index contributed by atoms with van der Waals surface area (Å²) >= 11 is 1.27. The summed E-state index contributed by atoms with van der Waals surface area (Å²) in [6.45, 7) is -0.200. The number of hydrogen-bond acceptors (Lipinski definition) is 7. The van der Waals surface area contributed by atoms with Crippen LogP contribution in [0.15, 0.2) is 72.2 Å². The molecule has 4 rings (SSSR count). The van der Waals surface area contributed by atoms with E-state index in [2.05, 4.69) is 20.6 Å². The number of aromatic nitrogens is 2. The third-order valence-corrected chi connectivity index (χ3v) is 5.73. The summed E-state index contributed by atoms with van der Waals surface area (Å²) in [4.78, 5) is 44.0. The lowest BCUT2D eigenvalue weighted by molar-refractivity contribution is -0.136. The Balaban J connectivity index is 1.39. The third-order valence-electron chi connectivity index (χ3n) is 4.97. The number of carboxylic acids is 1. The molecular formula is C25H21N5O4S. The Kier molecular flexibility index (Phi) is 7.12. The molecule has 2 heterocycles. The fraction of sp³-hybridized carbons (Fsp3) is 0.0800. The molecule has 0 fully saturated rings. The summed E-state index contributed by atoms with van der Waals surface area (Å²) in [5.74, 6) is -1.71. The molecule has 0 spiro atoms. The largest absolute Gasteiger partial charge is 0.481 e. The van der Waals surface area contributed by atoms with Gasteiger partial charge >= 0.3 is 5.97 Å². The number of anilines is 2. The van der Waals surface area contributed by atoms with Crippen molar-refractivity contribution in [3.8, 4) is 22.4 Å². The van der Waals surface area contributed by atoms with Gasteiger partial charge in [-0.05, 0) is 53.6 Å². The minimum absolute atomic E-state index is 0.150. The molecule has 176 valence electrons. The predicted octanol–water partition coefficient (Wildman–Crippen LogP) is 3.45. The highest BCUT2D eigenvalue weighted by Crippen LogP contribution is 2.29. The van der Waals surface area contributed by atoms with Crippen LogP contribution in [0.5, 0.6) is 0 Å². The van der Waals surface area contributed by atoms with E-state index in [0.717, 1.165) is 16.7 Å². The second kappa shape index (κ2) is 10.6. The van der Waals surface area contributed by atoms with Crippen LogP contribution in [-0.4, -0.2) is 39.4 Å². The maximum Gasteiger partial charge on any atom is 0.309 e. The highest BCUT2D eigenvalue weighted by molar-refractivity contribution is 7.14. The molecule has 0 bridgehead atoms. The first-order valence-corrected chi connectivity index (χ1v) is 11.4. The van der Waals surface area contributed by atoms with Crippen LogP contribution >= 0.6 is 11.3 Å². The molecular weight excluding hydrogens is 466 g/mol. The predicted molar refractivity (Wildman–Crippen MR) is 134 cm³/mol. The number of pyridine rings is 1. The molecule has 35 heavy (non-hydrogen) atoms. The molecule has 0 aliphatic carbocycles. The van der Waals surface area contributed by atoms with E-state index in [1.54, 1.807) is 36.5 Å². The van der Waals surface area contributed by atoms with Crippen molar-refractivity contribution >= 4 is 39.9 Å². The van der Waals surface area contributed by atoms with Crippen LogP contribution in [0, 0.1) is 0 Å². The van der Waals surface area contributed by atoms with Gasteiger partial charge in [-0.1, -0.05) is 18.2 Å². The number of nitrogens with zero attached hydrogens (tertiary/aromatic N) is 2. The minimum Gasteiger partial charge on any atom is -0.481 e. The third kappa shape index (κ3) is 6.27. The van der Waals surface area contributed by atoms with E-state index in [9.17, 15) is 14.4 Å². The number of aliphatic carboxylic acids is 1. The quantitative estimate of drug-likeness (QED) is 0.278. The smallest absolute Gasteiger partial charge is 0.309 e. The monoisotopic (exact) mass is 487 g/mol. The number of amides is 2. The van der Waals surface area contributed by atoms with Crippen LogP contribution in [0.3, 0.4) is 0 Å². The number of thiazole rings is 1. The molecule has 9 nitrogen and oxygen atoms in total. The van der Waals surface area contributed by atoms with Gasteiger partial charge in [0.05, 0.1) is 24.4 Å². The van der Waals surface area contributed by atoms with E-state index in [-0.39, 0.29) is 18.9 Å². The minimum atomic E-state index is -0.940. The van der Waals surface area contributed by atoms with Gasteiger partial charge in [0, 0.05) is 28.4 Å². The second-order valence-corrected chi connectivity index (χ2v) is 8.44. The molecule has 4 aromatic rings. The van der Waals surface area contributed by atoms with Crippen LogP contribution in [0.2, 0.25) is 0 Å². The summed E-state index contributed by atoms with van der Waals surface area (Å²) < 4.78 is 0. The maximum absolute atomic E-state index is 12.3. The lowest BCUT2D eigenvalue weighted by atomic mass is 10.0. The van der Waals surface area contributed by atoms with Crippen molar-refractivity contribution < 1.29 is 19.5 Å². The molecule has 0 aliphatic rings. The molecule has 2 amide bonds. The number of carboxylic acid groups (broad SMARTS) is 1. The molecule has 0 unspecified atom stereocenters. The Morgan fingerprint density at radius 2 is 1.71 bits per heavy atom. The Labute approximate surface area is 204 Å².